The third-order valence-corrected chi connectivity index (χ3v) is 4.18. The van der Waals surface area contributed by atoms with Crippen molar-refractivity contribution in [3.8, 4) is 0 Å². The Morgan fingerprint density at radius 2 is 1.68 bits per heavy atom. The van der Waals surface area contributed by atoms with Gasteiger partial charge in [0.15, 0.2) is 5.11 Å². The maximum Gasteiger partial charge on any atom is 0.171 e. The number of hydrogen-bond acceptors (Lipinski definition) is 1. The molecule has 22 heavy (non-hydrogen) atoms. The summed E-state index contributed by atoms with van der Waals surface area (Å²) < 4.78 is 0. The minimum atomic E-state index is 0.229. The Kier molecular flexibility index (Phi) is 5.56. The second-order valence-electron chi connectivity index (χ2n) is 5.77. The molecule has 0 spiro atoms. The van der Waals surface area contributed by atoms with Crippen LogP contribution in [-0.4, -0.2) is 5.11 Å². The Morgan fingerprint density at radius 1 is 1.00 bits per heavy atom. The van der Waals surface area contributed by atoms with Gasteiger partial charge < -0.3 is 10.6 Å². The van der Waals surface area contributed by atoms with E-state index in [0.717, 1.165) is 12.1 Å². The Bertz CT molecular complexity index is 647. The summed E-state index contributed by atoms with van der Waals surface area (Å²) in [5, 5.41) is 7.34. The normalized spacial score (nSPS) is 11.8. The molecule has 3 heteroatoms. The molecule has 0 amide bonds. The van der Waals surface area contributed by atoms with Crippen LogP contribution < -0.4 is 10.6 Å². The zero-order valence-electron chi connectivity index (χ0n) is 13.7. The molecule has 0 unspecified atom stereocenters. The fourth-order valence-electron chi connectivity index (χ4n) is 2.36. The molecular formula is C19H24N2S. The molecule has 0 aliphatic carbocycles. The van der Waals surface area contributed by atoms with Gasteiger partial charge in [0.1, 0.15) is 0 Å². The topological polar surface area (TPSA) is 24.1 Å². The number of thiocarbonyl (C=S) groups is 1. The summed E-state index contributed by atoms with van der Waals surface area (Å²) in [5.74, 6) is 0. The van der Waals surface area contributed by atoms with Crippen molar-refractivity contribution >= 4 is 23.0 Å². The first-order chi connectivity index (χ1) is 10.5. The number of rotatable bonds is 4. The van der Waals surface area contributed by atoms with E-state index in [1.807, 2.05) is 0 Å². The van der Waals surface area contributed by atoms with Gasteiger partial charge in [-0.25, -0.2) is 0 Å². The summed E-state index contributed by atoms with van der Waals surface area (Å²) in [7, 11) is 0. The van der Waals surface area contributed by atoms with Crippen molar-refractivity contribution in [3.63, 3.8) is 0 Å². The van der Waals surface area contributed by atoms with Crippen molar-refractivity contribution in [1.82, 2.24) is 5.32 Å². The molecule has 0 saturated carbocycles. The van der Waals surface area contributed by atoms with E-state index in [1.165, 1.54) is 22.3 Å². The molecule has 0 heterocycles. The van der Waals surface area contributed by atoms with Crippen LogP contribution in [0.4, 0.5) is 5.69 Å². The van der Waals surface area contributed by atoms with E-state index in [2.05, 4.69) is 80.8 Å². The lowest BCUT2D eigenvalue weighted by Gasteiger charge is -2.20. The Labute approximate surface area is 139 Å². The van der Waals surface area contributed by atoms with Crippen LogP contribution in [0.2, 0.25) is 0 Å². The highest BCUT2D eigenvalue weighted by atomic mass is 32.1. The molecule has 2 rings (SSSR count). The molecule has 0 aliphatic heterocycles. The Balaban J connectivity index is 2.02. The third kappa shape index (κ3) is 4.31. The SMILES string of the molecule is CC[C@@H](NC(=S)Nc1ccc(C)c(C)c1)c1ccc(C)cc1. The van der Waals surface area contributed by atoms with Gasteiger partial charge in [0.25, 0.3) is 0 Å². The third-order valence-electron chi connectivity index (χ3n) is 3.96. The van der Waals surface area contributed by atoms with E-state index in [0.29, 0.717) is 5.11 Å². The fraction of sp³-hybridized carbons (Fsp3) is 0.316. The van der Waals surface area contributed by atoms with Gasteiger partial charge in [-0.05, 0) is 68.2 Å². The highest BCUT2D eigenvalue weighted by Crippen LogP contribution is 2.18. The zero-order chi connectivity index (χ0) is 16.1. The molecule has 1 atom stereocenters. The van der Waals surface area contributed by atoms with Gasteiger partial charge in [-0.2, -0.15) is 0 Å². The van der Waals surface area contributed by atoms with Crippen molar-refractivity contribution in [2.24, 2.45) is 0 Å². The smallest absolute Gasteiger partial charge is 0.171 e. The number of hydrogen-bond donors (Lipinski definition) is 2. The summed E-state index contributed by atoms with van der Waals surface area (Å²) in [6, 6.07) is 15.1. The summed E-state index contributed by atoms with van der Waals surface area (Å²) >= 11 is 5.46. The zero-order valence-corrected chi connectivity index (χ0v) is 14.6. The van der Waals surface area contributed by atoms with Crippen LogP contribution in [0.5, 0.6) is 0 Å². The van der Waals surface area contributed by atoms with Crippen LogP contribution >= 0.6 is 12.2 Å². The highest BCUT2D eigenvalue weighted by molar-refractivity contribution is 7.80. The van der Waals surface area contributed by atoms with Gasteiger partial charge in [-0.3, -0.25) is 0 Å². The van der Waals surface area contributed by atoms with Gasteiger partial charge in [-0.15, -0.1) is 0 Å². The van der Waals surface area contributed by atoms with Crippen LogP contribution in [0.25, 0.3) is 0 Å². The van der Waals surface area contributed by atoms with Crippen molar-refractivity contribution in [1.29, 1.82) is 0 Å². The van der Waals surface area contributed by atoms with Crippen LogP contribution in [0, 0.1) is 20.8 Å². The maximum atomic E-state index is 5.46. The molecule has 0 fully saturated rings. The van der Waals surface area contributed by atoms with Crippen LogP contribution in [0.3, 0.4) is 0 Å². The lowest BCUT2D eigenvalue weighted by Crippen LogP contribution is -2.32. The van der Waals surface area contributed by atoms with E-state index in [1.54, 1.807) is 0 Å². The van der Waals surface area contributed by atoms with Crippen LogP contribution in [0.1, 0.15) is 41.6 Å². The van der Waals surface area contributed by atoms with E-state index < -0.39 is 0 Å². The number of aryl methyl sites for hydroxylation is 3. The van der Waals surface area contributed by atoms with E-state index in [4.69, 9.17) is 12.2 Å². The standard InChI is InChI=1S/C19H24N2S/c1-5-18(16-9-6-13(2)7-10-16)21-19(22)20-17-11-8-14(3)15(4)12-17/h6-12,18H,5H2,1-4H3,(H2,20,21,22)/t18-/m1/s1. The van der Waals surface area contributed by atoms with Crippen molar-refractivity contribution in [3.05, 3.63) is 64.7 Å². The largest absolute Gasteiger partial charge is 0.356 e. The molecule has 116 valence electrons. The lowest BCUT2D eigenvalue weighted by molar-refractivity contribution is 0.629. The monoisotopic (exact) mass is 312 g/mol. The maximum absolute atomic E-state index is 5.46. The van der Waals surface area contributed by atoms with E-state index in [-0.39, 0.29) is 6.04 Å². The molecule has 2 aromatic carbocycles. The number of anilines is 1. The second-order valence-corrected chi connectivity index (χ2v) is 6.18. The van der Waals surface area contributed by atoms with Crippen LogP contribution in [0.15, 0.2) is 42.5 Å². The first kappa shape index (κ1) is 16.5. The van der Waals surface area contributed by atoms with Gasteiger partial charge in [0.05, 0.1) is 6.04 Å². The Hall–Kier alpha value is -1.87. The average Bonchev–Trinajstić information content (AvgIpc) is 2.49. The van der Waals surface area contributed by atoms with Gasteiger partial charge in [0.2, 0.25) is 0 Å². The predicted octanol–water partition coefficient (Wildman–Crippen LogP) is 5.05. The number of benzene rings is 2. The first-order valence-corrected chi connectivity index (χ1v) is 8.11. The van der Waals surface area contributed by atoms with E-state index >= 15 is 0 Å². The molecule has 0 aromatic heterocycles. The summed E-state index contributed by atoms with van der Waals surface area (Å²) in [6.07, 6.45) is 0.984. The summed E-state index contributed by atoms with van der Waals surface area (Å²) in [5.41, 5.74) is 6.11. The lowest BCUT2D eigenvalue weighted by atomic mass is 10.0. The van der Waals surface area contributed by atoms with E-state index in [9.17, 15) is 0 Å². The fourth-order valence-corrected chi connectivity index (χ4v) is 2.62. The van der Waals surface area contributed by atoms with Crippen LogP contribution in [-0.2, 0) is 0 Å². The predicted molar refractivity (Wildman–Crippen MR) is 99.5 cm³/mol. The first-order valence-electron chi connectivity index (χ1n) is 7.71. The van der Waals surface area contributed by atoms with Gasteiger partial charge >= 0.3 is 0 Å². The van der Waals surface area contributed by atoms with Crippen molar-refractivity contribution in [2.45, 2.75) is 40.2 Å². The van der Waals surface area contributed by atoms with Crippen molar-refractivity contribution in [2.75, 3.05) is 5.32 Å². The number of nitrogens with one attached hydrogen (secondary N) is 2. The van der Waals surface area contributed by atoms with Crippen molar-refractivity contribution < 1.29 is 0 Å². The molecule has 2 aromatic rings. The van der Waals surface area contributed by atoms with Gasteiger partial charge in [0, 0.05) is 5.69 Å². The molecule has 0 saturated heterocycles. The summed E-state index contributed by atoms with van der Waals surface area (Å²) in [4.78, 5) is 0. The second kappa shape index (κ2) is 7.41. The highest BCUT2D eigenvalue weighted by Gasteiger charge is 2.10. The molecule has 0 radical (unpaired) electrons. The minimum Gasteiger partial charge on any atom is -0.356 e. The molecule has 2 nitrogen and oxygen atoms in total. The quantitative estimate of drug-likeness (QED) is 0.773. The van der Waals surface area contributed by atoms with Gasteiger partial charge in [-0.1, -0.05) is 42.8 Å². The molecule has 2 N–H and O–H groups in total. The molecule has 0 bridgehead atoms. The minimum absolute atomic E-state index is 0.229. The average molecular weight is 312 g/mol. The molecule has 0 aliphatic rings. The summed E-state index contributed by atoms with van der Waals surface area (Å²) in [6.45, 7) is 8.48. The molecular weight excluding hydrogens is 288 g/mol. The Morgan fingerprint density at radius 3 is 2.27 bits per heavy atom.